The van der Waals surface area contributed by atoms with Gasteiger partial charge in [-0.1, -0.05) is 42.5 Å². The van der Waals surface area contributed by atoms with Crippen LogP contribution in [0, 0.1) is 12.7 Å². The fourth-order valence-corrected chi connectivity index (χ4v) is 1.97. The monoisotopic (exact) mass is 275 g/mol. The lowest BCUT2D eigenvalue weighted by Gasteiger charge is -2.12. The van der Waals surface area contributed by atoms with Gasteiger partial charge in [0.2, 0.25) is 0 Å². The van der Waals surface area contributed by atoms with Crippen molar-refractivity contribution in [2.45, 2.75) is 13.5 Å². The van der Waals surface area contributed by atoms with E-state index in [1.807, 2.05) is 31.2 Å². The quantitative estimate of drug-likeness (QED) is 0.869. The standard InChI is InChI=1S/C15H14FNOS/c1-10-6-7-12(16)8-14(10)18-9-11-4-2-3-5-13(11)15(17)19/h2-8H,9H2,1H3,(H2,17,19). The fourth-order valence-electron chi connectivity index (χ4n) is 1.77. The predicted octanol–water partition coefficient (Wildman–Crippen LogP) is 3.35. The molecule has 0 aliphatic rings. The average molecular weight is 275 g/mol. The van der Waals surface area contributed by atoms with Crippen LogP contribution in [0.25, 0.3) is 0 Å². The molecule has 98 valence electrons. The van der Waals surface area contributed by atoms with Crippen LogP contribution < -0.4 is 10.5 Å². The normalized spacial score (nSPS) is 10.2. The third kappa shape index (κ3) is 3.29. The van der Waals surface area contributed by atoms with Crippen molar-refractivity contribution in [1.82, 2.24) is 0 Å². The van der Waals surface area contributed by atoms with Gasteiger partial charge in [0.15, 0.2) is 0 Å². The molecule has 0 bridgehead atoms. The molecule has 0 atom stereocenters. The van der Waals surface area contributed by atoms with Gasteiger partial charge in [-0.25, -0.2) is 4.39 Å². The Bertz CT molecular complexity index is 613. The molecule has 0 heterocycles. The molecule has 2 aromatic rings. The van der Waals surface area contributed by atoms with Crippen LogP contribution in [0.5, 0.6) is 5.75 Å². The first-order valence-corrected chi connectivity index (χ1v) is 6.25. The highest BCUT2D eigenvalue weighted by Gasteiger charge is 2.07. The van der Waals surface area contributed by atoms with E-state index in [1.165, 1.54) is 12.1 Å². The van der Waals surface area contributed by atoms with Crippen LogP contribution in [0.3, 0.4) is 0 Å². The zero-order chi connectivity index (χ0) is 13.8. The van der Waals surface area contributed by atoms with E-state index in [0.29, 0.717) is 17.3 Å². The molecule has 19 heavy (non-hydrogen) atoms. The second-order valence-corrected chi connectivity index (χ2v) is 4.66. The second kappa shape index (κ2) is 5.80. The highest BCUT2D eigenvalue weighted by atomic mass is 32.1. The molecule has 0 aliphatic heterocycles. The van der Waals surface area contributed by atoms with Gasteiger partial charge in [0.1, 0.15) is 23.2 Å². The second-order valence-electron chi connectivity index (χ2n) is 4.22. The Labute approximate surface area is 117 Å². The van der Waals surface area contributed by atoms with Crippen molar-refractivity contribution in [1.29, 1.82) is 0 Å². The van der Waals surface area contributed by atoms with Gasteiger partial charge in [0, 0.05) is 11.6 Å². The van der Waals surface area contributed by atoms with E-state index in [4.69, 9.17) is 22.7 Å². The van der Waals surface area contributed by atoms with Crippen molar-refractivity contribution in [2.75, 3.05) is 0 Å². The number of rotatable bonds is 4. The molecular formula is C15H14FNOS. The molecule has 0 amide bonds. The van der Waals surface area contributed by atoms with Gasteiger partial charge >= 0.3 is 0 Å². The maximum absolute atomic E-state index is 13.2. The minimum Gasteiger partial charge on any atom is -0.489 e. The fraction of sp³-hybridized carbons (Fsp3) is 0.133. The lowest BCUT2D eigenvalue weighted by molar-refractivity contribution is 0.302. The molecule has 0 fully saturated rings. The van der Waals surface area contributed by atoms with Crippen LogP contribution in [0.15, 0.2) is 42.5 Å². The van der Waals surface area contributed by atoms with Gasteiger partial charge < -0.3 is 10.5 Å². The van der Waals surface area contributed by atoms with Crippen LogP contribution in [-0.2, 0) is 6.61 Å². The Morgan fingerprint density at radius 2 is 2.00 bits per heavy atom. The number of nitrogens with two attached hydrogens (primary N) is 1. The Morgan fingerprint density at radius 3 is 2.74 bits per heavy atom. The van der Waals surface area contributed by atoms with E-state index in [9.17, 15) is 4.39 Å². The summed E-state index contributed by atoms with van der Waals surface area (Å²) in [5.74, 6) is 0.209. The number of aryl methyl sites for hydroxylation is 1. The third-order valence-electron chi connectivity index (χ3n) is 2.82. The maximum atomic E-state index is 13.2. The van der Waals surface area contributed by atoms with Crippen molar-refractivity contribution < 1.29 is 9.13 Å². The molecule has 2 nitrogen and oxygen atoms in total. The molecule has 0 radical (unpaired) electrons. The predicted molar refractivity (Wildman–Crippen MR) is 77.8 cm³/mol. The average Bonchev–Trinajstić information content (AvgIpc) is 2.40. The summed E-state index contributed by atoms with van der Waals surface area (Å²) < 4.78 is 18.8. The van der Waals surface area contributed by atoms with Crippen LogP contribution in [-0.4, -0.2) is 4.99 Å². The Kier molecular flexibility index (Phi) is 4.12. The molecule has 0 unspecified atom stereocenters. The van der Waals surface area contributed by atoms with Gasteiger partial charge in [-0.2, -0.15) is 0 Å². The lowest BCUT2D eigenvalue weighted by atomic mass is 10.1. The molecule has 0 aromatic heterocycles. The van der Waals surface area contributed by atoms with E-state index in [0.717, 1.165) is 16.7 Å². The summed E-state index contributed by atoms with van der Waals surface area (Å²) in [6.45, 7) is 2.17. The maximum Gasteiger partial charge on any atom is 0.126 e. The van der Waals surface area contributed by atoms with E-state index in [2.05, 4.69) is 0 Å². The minimum absolute atomic E-state index is 0.303. The molecule has 2 aromatic carbocycles. The Balaban J connectivity index is 2.19. The molecule has 0 aliphatic carbocycles. The highest BCUT2D eigenvalue weighted by molar-refractivity contribution is 7.80. The lowest BCUT2D eigenvalue weighted by Crippen LogP contribution is -2.13. The highest BCUT2D eigenvalue weighted by Crippen LogP contribution is 2.21. The minimum atomic E-state index is -0.316. The molecule has 0 spiro atoms. The first-order chi connectivity index (χ1) is 9.08. The van der Waals surface area contributed by atoms with Crippen molar-refractivity contribution in [2.24, 2.45) is 5.73 Å². The van der Waals surface area contributed by atoms with Crippen LogP contribution >= 0.6 is 12.2 Å². The zero-order valence-corrected chi connectivity index (χ0v) is 11.3. The summed E-state index contributed by atoms with van der Waals surface area (Å²) in [5, 5.41) is 0. The van der Waals surface area contributed by atoms with Crippen LogP contribution in [0.1, 0.15) is 16.7 Å². The first kappa shape index (κ1) is 13.5. The van der Waals surface area contributed by atoms with E-state index in [1.54, 1.807) is 6.07 Å². The number of ether oxygens (including phenoxy) is 1. The molecule has 2 rings (SSSR count). The summed E-state index contributed by atoms with van der Waals surface area (Å²) in [6.07, 6.45) is 0. The number of benzene rings is 2. The topological polar surface area (TPSA) is 35.2 Å². The van der Waals surface area contributed by atoms with Gasteiger partial charge in [0.25, 0.3) is 0 Å². The molecule has 4 heteroatoms. The van der Waals surface area contributed by atoms with Crippen molar-refractivity contribution in [3.05, 3.63) is 65.0 Å². The molecular weight excluding hydrogens is 261 g/mol. The number of halogens is 1. The number of hydrogen-bond donors (Lipinski definition) is 1. The van der Waals surface area contributed by atoms with E-state index in [-0.39, 0.29) is 5.82 Å². The summed E-state index contributed by atoms with van der Waals surface area (Å²) in [6, 6.07) is 12.0. The van der Waals surface area contributed by atoms with Crippen molar-refractivity contribution >= 4 is 17.2 Å². The smallest absolute Gasteiger partial charge is 0.126 e. The third-order valence-corrected chi connectivity index (χ3v) is 3.04. The Hall–Kier alpha value is -1.94. The number of hydrogen-bond acceptors (Lipinski definition) is 2. The summed E-state index contributed by atoms with van der Waals surface area (Å²) in [4.78, 5) is 0.329. The van der Waals surface area contributed by atoms with Crippen LogP contribution in [0.2, 0.25) is 0 Å². The molecule has 0 saturated heterocycles. The van der Waals surface area contributed by atoms with Gasteiger partial charge in [-0.3, -0.25) is 0 Å². The van der Waals surface area contributed by atoms with Crippen LogP contribution in [0.4, 0.5) is 4.39 Å². The van der Waals surface area contributed by atoms with Crippen molar-refractivity contribution in [3.63, 3.8) is 0 Å². The summed E-state index contributed by atoms with van der Waals surface area (Å²) >= 11 is 4.99. The summed E-state index contributed by atoms with van der Waals surface area (Å²) in [7, 11) is 0. The zero-order valence-electron chi connectivity index (χ0n) is 10.5. The molecule has 2 N–H and O–H groups in total. The first-order valence-electron chi connectivity index (χ1n) is 5.84. The van der Waals surface area contributed by atoms with E-state index < -0.39 is 0 Å². The van der Waals surface area contributed by atoms with Crippen molar-refractivity contribution in [3.8, 4) is 5.75 Å². The SMILES string of the molecule is Cc1ccc(F)cc1OCc1ccccc1C(N)=S. The van der Waals surface area contributed by atoms with Gasteiger partial charge in [0.05, 0.1) is 0 Å². The van der Waals surface area contributed by atoms with E-state index >= 15 is 0 Å². The van der Waals surface area contributed by atoms with Gasteiger partial charge in [-0.05, 0) is 24.1 Å². The Morgan fingerprint density at radius 1 is 1.26 bits per heavy atom. The molecule has 0 saturated carbocycles. The van der Waals surface area contributed by atoms with Gasteiger partial charge in [-0.15, -0.1) is 0 Å². The largest absolute Gasteiger partial charge is 0.489 e. The summed E-state index contributed by atoms with van der Waals surface area (Å²) in [5.41, 5.74) is 8.21. The number of thiocarbonyl (C=S) groups is 1.